The zero-order chi connectivity index (χ0) is 13.9. The molecule has 1 aromatic rings. The number of carbonyl (C=O) groups is 1. The smallest absolute Gasteiger partial charge is 0.244 e. The van der Waals surface area contributed by atoms with Crippen LogP contribution in [0.1, 0.15) is 12.0 Å². The number of amides is 1. The van der Waals surface area contributed by atoms with Crippen molar-refractivity contribution in [3.05, 3.63) is 40.4 Å². The van der Waals surface area contributed by atoms with Crippen molar-refractivity contribution in [2.24, 2.45) is 0 Å². The van der Waals surface area contributed by atoms with Gasteiger partial charge in [0.2, 0.25) is 5.91 Å². The second kappa shape index (κ2) is 5.88. The molecule has 1 aromatic carbocycles. The Bertz CT molecular complexity index is 593. The molecule has 19 heavy (non-hydrogen) atoms. The number of hydrogen-bond acceptors (Lipinski definition) is 3. The minimum absolute atomic E-state index is 0.0465. The molecular formula is C13H14BrNO3S. The fourth-order valence-corrected chi connectivity index (χ4v) is 3.84. The van der Waals surface area contributed by atoms with Crippen molar-refractivity contribution in [1.29, 1.82) is 0 Å². The fourth-order valence-electron chi connectivity index (χ4n) is 1.90. The van der Waals surface area contributed by atoms with Gasteiger partial charge in [-0.2, -0.15) is 0 Å². The molecule has 4 nitrogen and oxygen atoms in total. The van der Waals surface area contributed by atoms with Crippen LogP contribution in [0.5, 0.6) is 0 Å². The Morgan fingerprint density at radius 2 is 2.00 bits per heavy atom. The number of rotatable bonds is 3. The van der Waals surface area contributed by atoms with E-state index in [1.165, 1.54) is 6.08 Å². The lowest BCUT2D eigenvalue weighted by molar-refractivity contribution is -0.116. The van der Waals surface area contributed by atoms with E-state index in [2.05, 4.69) is 21.2 Å². The van der Waals surface area contributed by atoms with Crippen molar-refractivity contribution >= 4 is 37.8 Å². The second-order valence-corrected chi connectivity index (χ2v) is 7.64. The highest BCUT2D eigenvalue weighted by molar-refractivity contribution is 9.10. The lowest BCUT2D eigenvalue weighted by atomic mass is 10.2. The average molecular weight is 344 g/mol. The van der Waals surface area contributed by atoms with Crippen LogP contribution in [0.15, 0.2) is 34.8 Å². The summed E-state index contributed by atoms with van der Waals surface area (Å²) in [6.45, 7) is 0. The van der Waals surface area contributed by atoms with Gasteiger partial charge >= 0.3 is 0 Å². The van der Waals surface area contributed by atoms with E-state index in [1.807, 2.05) is 24.3 Å². The molecule has 2 rings (SSSR count). The van der Waals surface area contributed by atoms with Crippen LogP contribution in [0.4, 0.5) is 0 Å². The van der Waals surface area contributed by atoms with Crippen LogP contribution in [-0.2, 0) is 14.6 Å². The zero-order valence-electron chi connectivity index (χ0n) is 10.2. The highest BCUT2D eigenvalue weighted by atomic mass is 79.9. The van der Waals surface area contributed by atoms with E-state index < -0.39 is 9.84 Å². The first-order valence-corrected chi connectivity index (χ1v) is 8.51. The summed E-state index contributed by atoms with van der Waals surface area (Å²) in [5.74, 6) is -0.0517. The van der Waals surface area contributed by atoms with Gasteiger partial charge in [-0.1, -0.05) is 28.1 Å². The van der Waals surface area contributed by atoms with E-state index in [1.54, 1.807) is 6.08 Å². The van der Waals surface area contributed by atoms with Crippen LogP contribution in [-0.4, -0.2) is 31.9 Å². The first-order valence-electron chi connectivity index (χ1n) is 5.89. The molecule has 1 atom stereocenters. The first-order chi connectivity index (χ1) is 8.94. The molecule has 0 bridgehead atoms. The Morgan fingerprint density at radius 3 is 2.58 bits per heavy atom. The minimum Gasteiger partial charge on any atom is -0.349 e. The van der Waals surface area contributed by atoms with E-state index >= 15 is 0 Å². The summed E-state index contributed by atoms with van der Waals surface area (Å²) in [5.41, 5.74) is 0.914. The summed E-state index contributed by atoms with van der Waals surface area (Å²) in [5, 5.41) is 2.70. The maximum absolute atomic E-state index is 11.6. The summed E-state index contributed by atoms with van der Waals surface area (Å²) < 4.78 is 23.5. The molecule has 1 aliphatic heterocycles. The maximum atomic E-state index is 11.6. The number of benzene rings is 1. The van der Waals surface area contributed by atoms with E-state index in [-0.39, 0.29) is 23.5 Å². The van der Waals surface area contributed by atoms with Gasteiger partial charge in [0.05, 0.1) is 11.5 Å². The predicted octanol–water partition coefficient (Wildman–Crippen LogP) is 1.77. The molecule has 1 saturated heterocycles. The molecule has 102 valence electrons. The van der Waals surface area contributed by atoms with Crippen LogP contribution >= 0.6 is 15.9 Å². The van der Waals surface area contributed by atoms with E-state index in [0.29, 0.717) is 6.42 Å². The monoisotopic (exact) mass is 343 g/mol. The van der Waals surface area contributed by atoms with Gasteiger partial charge in [0.25, 0.3) is 0 Å². The SMILES string of the molecule is O=C(/C=C/c1ccc(Br)cc1)NC1CCS(=O)(=O)C1. The van der Waals surface area contributed by atoms with E-state index in [4.69, 9.17) is 0 Å². The van der Waals surface area contributed by atoms with Crippen LogP contribution < -0.4 is 5.32 Å². The van der Waals surface area contributed by atoms with Gasteiger partial charge in [-0.15, -0.1) is 0 Å². The number of hydrogen-bond donors (Lipinski definition) is 1. The molecule has 0 radical (unpaired) electrons. The summed E-state index contributed by atoms with van der Waals surface area (Å²) in [6, 6.07) is 7.29. The molecule has 0 saturated carbocycles. The highest BCUT2D eigenvalue weighted by Gasteiger charge is 2.28. The predicted molar refractivity (Wildman–Crippen MR) is 78.4 cm³/mol. The third-order valence-electron chi connectivity index (χ3n) is 2.88. The third kappa shape index (κ3) is 4.47. The van der Waals surface area contributed by atoms with Gasteiger partial charge in [0.1, 0.15) is 0 Å². The standard InChI is InChI=1S/C13H14BrNO3S/c14-11-4-1-10(2-5-11)3-6-13(16)15-12-7-8-19(17,18)9-12/h1-6,12H,7-9H2,(H,15,16)/b6-3+. The number of halogens is 1. The lowest BCUT2D eigenvalue weighted by Crippen LogP contribution is -2.34. The number of sulfone groups is 1. The van der Waals surface area contributed by atoms with Gasteiger partial charge in [-0.25, -0.2) is 8.42 Å². The van der Waals surface area contributed by atoms with Crippen molar-refractivity contribution < 1.29 is 13.2 Å². The molecule has 0 spiro atoms. The summed E-state index contributed by atoms with van der Waals surface area (Å²) in [6.07, 6.45) is 3.62. The van der Waals surface area contributed by atoms with Crippen molar-refractivity contribution in [3.63, 3.8) is 0 Å². The Hall–Kier alpha value is -1.14. The topological polar surface area (TPSA) is 63.2 Å². The third-order valence-corrected chi connectivity index (χ3v) is 5.17. The van der Waals surface area contributed by atoms with Crippen molar-refractivity contribution in [2.75, 3.05) is 11.5 Å². The van der Waals surface area contributed by atoms with Gasteiger partial charge < -0.3 is 5.32 Å². The van der Waals surface area contributed by atoms with Crippen LogP contribution in [0.2, 0.25) is 0 Å². The molecule has 6 heteroatoms. The number of carbonyl (C=O) groups excluding carboxylic acids is 1. The van der Waals surface area contributed by atoms with Gasteiger partial charge in [0.15, 0.2) is 9.84 Å². The molecule has 1 amide bonds. The van der Waals surface area contributed by atoms with Crippen molar-refractivity contribution in [2.45, 2.75) is 12.5 Å². The normalized spacial score (nSPS) is 21.6. The molecule has 1 heterocycles. The lowest BCUT2D eigenvalue weighted by Gasteiger charge is -2.07. The van der Waals surface area contributed by atoms with Gasteiger partial charge in [-0.3, -0.25) is 4.79 Å². The summed E-state index contributed by atoms with van der Waals surface area (Å²) in [7, 11) is -2.96. The largest absolute Gasteiger partial charge is 0.349 e. The van der Waals surface area contributed by atoms with Crippen LogP contribution in [0.25, 0.3) is 6.08 Å². The first kappa shape index (κ1) is 14.3. The molecule has 0 aromatic heterocycles. The van der Waals surface area contributed by atoms with E-state index in [0.717, 1.165) is 10.0 Å². The maximum Gasteiger partial charge on any atom is 0.244 e. The van der Waals surface area contributed by atoms with Crippen LogP contribution in [0.3, 0.4) is 0 Å². The molecule has 1 fully saturated rings. The Morgan fingerprint density at radius 1 is 1.32 bits per heavy atom. The van der Waals surface area contributed by atoms with Gasteiger partial charge in [0, 0.05) is 16.6 Å². The molecule has 1 aliphatic rings. The Balaban J connectivity index is 1.89. The molecule has 1 unspecified atom stereocenters. The Labute approximate surface area is 120 Å². The zero-order valence-corrected chi connectivity index (χ0v) is 12.6. The summed E-state index contributed by atoms with van der Waals surface area (Å²) >= 11 is 3.33. The highest BCUT2D eigenvalue weighted by Crippen LogP contribution is 2.12. The van der Waals surface area contributed by atoms with Crippen molar-refractivity contribution in [1.82, 2.24) is 5.32 Å². The average Bonchev–Trinajstić information content (AvgIpc) is 2.68. The van der Waals surface area contributed by atoms with E-state index in [9.17, 15) is 13.2 Å². The minimum atomic E-state index is -2.96. The molecule has 0 aliphatic carbocycles. The quantitative estimate of drug-likeness (QED) is 0.850. The molecular weight excluding hydrogens is 330 g/mol. The van der Waals surface area contributed by atoms with Crippen molar-refractivity contribution in [3.8, 4) is 0 Å². The number of nitrogens with one attached hydrogen (secondary N) is 1. The summed E-state index contributed by atoms with van der Waals surface area (Å²) in [4.78, 5) is 11.6. The molecule has 1 N–H and O–H groups in total. The van der Waals surface area contributed by atoms with Crippen LogP contribution in [0, 0.1) is 0 Å². The fraction of sp³-hybridized carbons (Fsp3) is 0.308. The second-order valence-electron chi connectivity index (χ2n) is 4.49. The Kier molecular flexibility index (Phi) is 4.42. The van der Waals surface area contributed by atoms with Gasteiger partial charge in [-0.05, 0) is 30.2 Å².